The number of aromatic nitrogens is 2. The zero-order valence-electron chi connectivity index (χ0n) is 14.7. The molecule has 3 N–H and O–H groups in total. The van der Waals surface area contributed by atoms with Gasteiger partial charge in [-0.2, -0.15) is 5.10 Å². The van der Waals surface area contributed by atoms with Crippen LogP contribution in [0.15, 0.2) is 47.8 Å². The van der Waals surface area contributed by atoms with Gasteiger partial charge in [0.25, 0.3) is 5.91 Å². The predicted molar refractivity (Wildman–Crippen MR) is 104 cm³/mol. The first-order valence-electron chi connectivity index (χ1n) is 8.98. The average molecular weight is 383 g/mol. The topological polar surface area (TPSA) is 89.4 Å². The molecule has 1 aliphatic rings. The summed E-state index contributed by atoms with van der Waals surface area (Å²) < 4.78 is 0. The maximum atomic E-state index is 12.8. The molecule has 1 amide bonds. The SMILES string of the molecule is O=C(c1cc(-c2ccccc2O)n[nH]1)N1CCC(C(O)c2cccs2)CC1. The molecule has 1 atom stereocenters. The van der Waals surface area contributed by atoms with Crippen LogP contribution in [0.3, 0.4) is 0 Å². The molecule has 0 saturated carbocycles. The number of para-hydroxylation sites is 1. The van der Waals surface area contributed by atoms with Crippen molar-refractivity contribution in [2.75, 3.05) is 13.1 Å². The van der Waals surface area contributed by atoms with Crippen molar-refractivity contribution in [1.82, 2.24) is 15.1 Å². The van der Waals surface area contributed by atoms with Gasteiger partial charge in [-0.25, -0.2) is 0 Å². The van der Waals surface area contributed by atoms with E-state index < -0.39 is 6.10 Å². The van der Waals surface area contributed by atoms with E-state index in [1.807, 2.05) is 23.6 Å². The summed E-state index contributed by atoms with van der Waals surface area (Å²) in [4.78, 5) is 15.5. The highest BCUT2D eigenvalue weighted by atomic mass is 32.1. The summed E-state index contributed by atoms with van der Waals surface area (Å²) in [6, 6.07) is 12.5. The molecule has 3 heterocycles. The molecule has 0 radical (unpaired) electrons. The average Bonchev–Trinajstić information content (AvgIpc) is 3.39. The number of amides is 1. The van der Waals surface area contributed by atoms with Crippen LogP contribution >= 0.6 is 11.3 Å². The molecule has 140 valence electrons. The van der Waals surface area contributed by atoms with E-state index in [1.165, 1.54) is 0 Å². The number of aliphatic hydroxyl groups excluding tert-OH is 1. The number of carbonyl (C=O) groups is 1. The lowest BCUT2D eigenvalue weighted by Crippen LogP contribution is -2.39. The van der Waals surface area contributed by atoms with Crippen molar-refractivity contribution in [3.8, 4) is 17.0 Å². The zero-order chi connectivity index (χ0) is 18.8. The third kappa shape index (κ3) is 3.61. The molecular formula is C20H21N3O3S. The minimum atomic E-state index is -0.456. The van der Waals surface area contributed by atoms with Crippen LogP contribution in [0, 0.1) is 5.92 Å². The van der Waals surface area contributed by atoms with Gasteiger partial charge in [0.2, 0.25) is 0 Å². The van der Waals surface area contributed by atoms with Crippen molar-refractivity contribution in [2.45, 2.75) is 18.9 Å². The van der Waals surface area contributed by atoms with Crippen LogP contribution in [0.2, 0.25) is 0 Å². The van der Waals surface area contributed by atoms with E-state index in [2.05, 4.69) is 10.2 Å². The van der Waals surface area contributed by atoms with E-state index in [4.69, 9.17) is 0 Å². The zero-order valence-corrected chi connectivity index (χ0v) is 15.5. The number of aliphatic hydroxyl groups is 1. The van der Waals surface area contributed by atoms with Gasteiger partial charge in [-0.15, -0.1) is 11.3 Å². The summed E-state index contributed by atoms with van der Waals surface area (Å²) in [5.74, 6) is 0.200. The molecule has 1 fully saturated rings. The molecule has 1 aromatic carbocycles. The van der Waals surface area contributed by atoms with Gasteiger partial charge < -0.3 is 15.1 Å². The number of aromatic amines is 1. The molecule has 27 heavy (non-hydrogen) atoms. The van der Waals surface area contributed by atoms with E-state index in [9.17, 15) is 15.0 Å². The first kappa shape index (κ1) is 17.8. The summed E-state index contributed by atoms with van der Waals surface area (Å²) in [5, 5.41) is 29.4. The number of phenolic OH excluding ortho intramolecular Hbond substituents is 1. The maximum absolute atomic E-state index is 12.8. The fourth-order valence-corrected chi connectivity index (χ4v) is 4.34. The lowest BCUT2D eigenvalue weighted by atomic mass is 9.90. The number of H-pyrrole nitrogens is 1. The Balaban J connectivity index is 1.41. The Hall–Kier alpha value is -2.64. The minimum absolute atomic E-state index is 0.103. The second-order valence-electron chi connectivity index (χ2n) is 6.77. The standard InChI is InChI=1S/C20H21N3O3S/c24-17-5-2-1-4-14(17)15-12-16(22-21-15)20(26)23-9-7-13(8-10-23)19(25)18-6-3-11-27-18/h1-6,11-13,19,24-25H,7-10H2,(H,21,22). The van der Waals surface area contributed by atoms with E-state index in [1.54, 1.807) is 40.5 Å². The summed E-state index contributed by atoms with van der Waals surface area (Å²) in [6.07, 6.45) is 1.08. The lowest BCUT2D eigenvalue weighted by molar-refractivity contribution is 0.0470. The first-order chi connectivity index (χ1) is 13.1. The Bertz CT molecular complexity index is 914. The summed E-state index contributed by atoms with van der Waals surface area (Å²) in [7, 11) is 0. The van der Waals surface area contributed by atoms with Gasteiger partial charge in [0.1, 0.15) is 11.4 Å². The van der Waals surface area contributed by atoms with E-state index >= 15 is 0 Å². The van der Waals surface area contributed by atoms with E-state index in [-0.39, 0.29) is 17.6 Å². The molecule has 6 nitrogen and oxygen atoms in total. The van der Waals surface area contributed by atoms with Crippen LogP contribution in [0.1, 0.15) is 34.3 Å². The minimum Gasteiger partial charge on any atom is -0.507 e. The number of thiophene rings is 1. The highest BCUT2D eigenvalue weighted by molar-refractivity contribution is 7.10. The smallest absolute Gasteiger partial charge is 0.271 e. The monoisotopic (exact) mass is 383 g/mol. The number of hydrogen-bond donors (Lipinski definition) is 3. The fraction of sp³-hybridized carbons (Fsp3) is 0.300. The van der Waals surface area contributed by atoms with Crippen molar-refractivity contribution >= 4 is 17.2 Å². The fourth-order valence-electron chi connectivity index (χ4n) is 3.54. The summed E-state index contributed by atoms with van der Waals surface area (Å²) >= 11 is 1.57. The van der Waals surface area contributed by atoms with Gasteiger partial charge >= 0.3 is 0 Å². The van der Waals surface area contributed by atoms with Crippen molar-refractivity contribution in [3.05, 3.63) is 58.4 Å². The Morgan fingerprint density at radius 1 is 1.22 bits per heavy atom. The van der Waals surface area contributed by atoms with Crippen molar-refractivity contribution in [1.29, 1.82) is 0 Å². The quantitative estimate of drug-likeness (QED) is 0.644. The molecule has 0 aliphatic carbocycles. The Kier molecular flexibility index (Phi) is 4.96. The number of benzene rings is 1. The van der Waals surface area contributed by atoms with Crippen LogP contribution in [0.25, 0.3) is 11.3 Å². The Morgan fingerprint density at radius 3 is 2.70 bits per heavy atom. The second-order valence-corrected chi connectivity index (χ2v) is 7.75. The molecule has 0 bridgehead atoms. The van der Waals surface area contributed by atoms with Crippen LogP contribution in [0.5, 0.6) is 5.75 Å². The van der Waals surface area contributed by atoms with Crippen molar-refractivity contribution in [2.24, 2.45) is 5.92 Å². The van der Waals surface area contributed by atoms with Gasteiger partial charge in [-0.05, 0) is 48.4 Å². The molecular weight excluding hydrogens is 362 g/mol. The van der Waals surface area contributed by atoms with Gasteiger partial charge in [-0.1, -0.05) is 18.2 Å². The number of nitrogens with zero attached hydrogens (tertiary/aromatic N) is 2. The summed E-state index contributed by atoms with van der Waals surface area (Å²) in [6.45, 7) is 1.22. The van der Waals surface area contributed by atoms with Gasteiger partial charge in [0.05, 0.1) is 11.8 Å². The molecule has 1 aliphatic heterocycles. The maximum Gasteiger partial charge on any atom is 0.271 e. The molecule has 1 unspecified atom stereocenters. The molecule has 7 heteroatoms. The third-order valence-electron chi connectivity index (χ3n) is 5.10. The number of piperidine rings is 1. The number of aromatic hydroxyl groups is 1. The van der Waals surface area contributed by atoms with E-state index in [0.717, 1.165) is 17.7 Å². The van der Waals surface area contributed by atoms with Crippen LogP contribution < -0.4 is 0 Å². The molecule has 0 spiro atoms. The highest BCUT2D eigenvalue weighted by Gasteiger charge is 2.29. The number of rotatable bonds is 4. The van der Waals surface area contributed by atoms with Gasteiger partial charge in [-0.3, -0.25) is 9.89 Å². The van der Waals surface area contributed by atoms with Crippen molar-refractivity contribution < 1.29 is 15.0 Å². The number of carbonyl (C=O) groups excluding carboxylic acids is 1. The largest absolute Gasteiger partial charge is 0.507 e. The normalized spacial score (nSPS) is 16.4. The number of hydrogen-bond acceptors (Lipinski definition) is 5. The van der Waals surface area contributed by atoms with Gasteiger partial charge in [0, 0.05) is 23.5 Å². The van der Waals surface area contributed by atoms with Crippen LogP contribution in [0.4, 0.5) is 0 Å². The van der Waals surface area contributed by atoms with Crippen LogP contribution in [-0.2, 0) is 0 Å². The number of likely N-dealkylation sites (tertiary alicyclic amines) is 1. The number of phenols is 1. The summed E-state index contributed by atoms with van der Waals surface area (Å²) in [5.41, 5.74) is 1.54. The molecule has 3 aromatic rings. The van der Waals surface area contributed by atoms with Crippen LogP contribution in [-0.4, -0.2) is 44.3 Å². The Labute approximate surface area is 161 Å². The molecule has 1 saturated heterocycles. The first-order valence-corrected chi connectivity index (χ1v) is 9.86. The number of nitrogens with one attached hydrogen (secondary N) is 1. The van der Waals surface area contributed by atoms with E-state index in [0.29, 0.717) is 30.0 Å². The highest BCUT2D eigenvalue weighted by Crippen LogP contribution is 2.33. The molecule has 2 aromatic heterocycles. The second kappa shape index (κ2) is 7.54. The Morgan fingerprint density at radius 2 is 2.00 bits per heavy atom. The predicted octanol–water partition coefficient (Wildman–Crippen LogP) is 3.43. The molecule has 4 rings (SSSR count). The lowest BCUT2D eigenvalue weighted by Gasteiger charge is -2.33. The third-order valence-corrected chi connectivity index (χ3v) is 6.04. The van der Waals surface area contributed by atoms with Gasteiger partial charge in [0.15, 0.2) is 0 Å². The van der Waals surface area contributed by atoms with Crippen molar-refractivity contribution in [3.63, 3.8) is 0 Å².